The van der Waals surface area contributed by atoms with Gasteiger partial charge in [0.05, 0.1) is 5.57 Å². The number of carbonyl (C=O) groups excluding carboxylic acids is 3. The molecule has 1 aromatic heterocycles. The van der Waals surface area contributed by atoms with Crippen molar-refractivity contribution in [3.8, 4) is 0 Å². The molecule has 3 aliphatic rings. The number of epoxide rings is 1. The third kappa shape index (κ3) is 4.11. The molecule has 0 unspecified atom stereocenters. The number of hydrogen-bond acceptors (Lipinski definition) is 8. The van der Waals surface area contributed by atoms with Gasteiger partial charge < -0.3 is 23.4 Å². The first-order chi connectivity index (χ1) is 15.0. The third-order valence-electron chi connectivity index (χ3n) is 6.26. The topological polar surface area (TPSA) is 105 Å². The molecular formula is C24H28O8. The number of ether oxygens (including phenoxy) is 4. The average Bonchev–Trinajstić information content (AvgIpc) is 2.98. The highest BCUT2D eigenvalue weighted by Crippen LogP contribution is 2.54. The zero-order chi connectivity index (χ0) is 23.4. The third-order valence-corrected chi connectivity index (χ3v) is 6.26. The van der Waals surface area contributed by atoms with E-state index in [4.69, 9.17) is 23.4 Å². The van der Waals surface area contributed by atoms with Gasteiger partial charge in [0.25, 0.3) is 0 Å². The van der Waals surface area contributed by atoms with Crippen LogP contribution >= 0.6 is 0 Å². The van der Waals surface area contributed by atoms with Crippen LogP contribution in [0.2, 0.25) is 0 Å². The quantitative estimate of drug-likeness (QED) is 0.300. The number of rotatable bonds is 3. The molecule has 0 saturated carbocycles. The van der Waals surface area contributed by atoms with Crippen molar-refractivity contribution in [2.75, 3.05) is 0 Å². The Morgan fingerprint density at radius 1 is 1.19 bits per heavy atom. The van der Waals surface area contributed by atoms with Gasteiger partial charge >= 0.3 is 17.9 Å². The van der Waals surface area contributed by atoms with Crippen molar-refractivity contribution >= 4 is 17.9 Å². The molecule has 1 fully saturated rings. The second-order valence-corrected chi connectivity index (χ2v) is 9.09. The molecule has 1 aromatic rings. The van der Waals surface area contributed by atoms with Gasteiger partial charge in [0.2, 0.25) is 0 Å². The van der Waals surface area contributed by atoms with Crippen LogP contribution in [0.4, 0.5) is 0 Å². The Kier molecular flexibility index (Phi) is 5.53. The number of esters is 3. The van der Waals surface area contributed by atoms with Crippen molar-refractivity contribution in [2.24, 2.45) is 5.92 Å². The molecule has 32 heavy (non-hydrogen) atoms. The van der Waals surface area contributed by atoms with Gasteiger partial charge in [-0.25, -0.2) is 4.79 Å². The lowest BCUT2D eigenvalue weighted by Crippen LogP contribution is -2.29. The molecule has 0 N–H and O–H groups in total. The fourth-order valence-corrected chi connectivity index (χ4v) is 4.68. The van der Waals surface area contributed by atoms with Crippen LogP contribution in [0.15, 0.2) is 34.3 Å². The first-order valence-corrected chi connectivity index (χ1v) is 10.7. The van der Waals surface area contributed by atoms with Gasteiger partial charge in [-0.15, -0.1) is 0 Å². The van der Waals surface area contributed by atoms with Gasteiger partial charge in [0.1, 0.15) is 35.4 Å². The maximum Gasteiger partial charge on any atom is 0.338 e. The van der Waals surface area contributed by atoms with Crippen molar-refractivity contribution in [3.05, 3.63) is 47.0 Å². The molecule has 0 radical (unpaired) electrons. The van der Waals surface area contributed by atoms with Gasteiger partial charge in [-0.2, -0.15) is 0 Å². The van der Waals surface area contributed by atoms with E-state index < -0.39 is 47.7 Å². The number of furan rings is 1. The molecule has 3 aliphatic heterocycles. The van der Waals surface area contributed by atoms with Crippen molar-refractivity contribution in [3.63, 3.8) is 0 Å². The second kappa shape index (κ2) is 7.92. The van der Waals surface area contributed by atoms with Gasteiger partial charge in [0, 0.05) is 26.2 Å². The van der Waals surface area contributed by atoms with Crippen LogP contribution < -0.4 is 0 Å². The first-order valence-electron chi connectivity index (χ1n) is 10.7. The maximum absolute atomic E-state index is 12.7. The fourth-order valence-electron chi connectivity index (χ4n) is 4.68. The van der Waals surface area contributed by atoms with Crippen molar-refractivity contribution in [1.82, 2.24) is 0 Å². The standard InChI is InChI=1S/C24H28O8/c1-11(2)16-9-18(28-13(4)25)17-8-15(30-23(17)27)10-24(6)22(32-24)19-7-12(3)20(31-19)21(16)29-14(5)26/h7-8,15-16,18,21-22H,1,9-10H2,2-6H3/t15-,16+,18-,21+,22-,24-/m1/s1. The molecule has 4 heterocycles. The van der Waals surface area contributed by atoms with Crippen molar-refractivity contribution in [2.45, 2.75) is 77.5 Å². The minimum Gasteiger partial charge on any atom is -0.459 e. The maximum atomic E-state index is 12.7. The van der Waals surface area contributed by atoms with E-state index in [1.54, 1.807) is 13.0 Å². The highest BCUT2D eigenvalue weighted by molar-refractivity contribution is 5.92. The summed E-state index contributed by atoms with van der Waals surface area (Å²) in [6.07, 6.45) is -0.196. The van der Waals surface area contributed by atoms with Crippen LogP contribution in [-0.2, 0) is 33.3 Å². The van der Waals surface area contributed by atoms with Crippen LogP contribution in [0.3, 0.4) is 0 Å². The summed E-state index contributed by atoms with van der Waals surface area (Å²) < 4.78 is 28.9. The summed E-state index contributed by atoms with van der Waals surface area (Å²) in [4.78, 5) is 36.6. The highest BCUT2D eigenvalue weighted by Gasteiger charge is 2.57. The Morgan fingerprint density at radius 2 is 1.88 bits per heavy atom. The van der Waals surface area contributed by atoms with Gasteiger partial charge in [0.15, 0.2) is 6.10 Å². The Morgan fingerprint density at radius 3 is 2.50 bits per heavy atom. The lowest BCUT2D eigenvalue weighted by Gasteiger charge is -2.29. The van der Waals surface area contributed by atoms with Crippen molar-refractivity contribution < 1.29 is 37.7 Å². The smallest absolute Gasteiger partial charge is 0.338 e. The predicted octanol–water partition coefficient (Wildman–Crippen LogP) is 3.79. The van der Waals surface area contributed by atoms with Crippen LogP contribution in [0.25, 0.3) is 0 Å². The molecule has 6 atom stereocenters. The lowest BCUT2D eigenvalue weighted by atomic mass is 9.85. The van der Waals surface area contributed by atoms with E-state index in [-0.39, 0.29) is 18.1 Å². The normalized spacial score (nSPS) is 33.5. The average molecular weight is 444 g/mol. The molecule has 172 valence electrons. The summed E-state index contributed by atoms with van der Waals surface area (Å²) in [7, 11) is 0. The lowest BCUT2D eigenvalue weighted by molar-refractivity contribution is -0.154. The Labute approximate surface area is 186 Å². The van der Waals surface area contributed by atoms with E-state index in [2.05, 4.69) is 6.58 Å². The van der Waals surface area contributed by atoms with Crippen molar-refractivity contribution in [1.29, 1.82) is 0 Å². The molecule has 0 aromatic carbocycles. The van der Waals surface area contributed by atoms with E-state index in [0.29, 0.717) is 23.5 Å². The molecule has 0 amide bonds. The summed E-state index contributed by atoms with van der Waals surface area (Å²) in [5.74, 6) is -0.919. The highest BCUT2D eigenvalue weighted by atomic mass is 16.6. The zero-order valence-electron chi connectivity index (χ0n) is 18.9. The monoisotopic (exact) mass is 444 g/mol. The zero-order valence-corrected chi connectivity index (χ0v) is 18.9. The summed E-state index contributed by atoms with van der Waals surface area (Å²) in [6, 6.07) is 1.88. The molecule has 4 bridgehead atoms. The summed E-state index contributed by atoms with van der Waals surface area (Å²) in [6.45, 7) is 12.3. The Balaban J connectivity index is 1.84. The van der Waals surface area contributed by atoms with E-state index in [0.717, 1.165) is 5.56 Å². The molecule has 0 spiro atoms. The molecule has 8 nitrogen and oxygen atoms in total. The van der Waals surface area contributed by atoms with Crippen LogP contribution in [0.1, 0.15) is 69.8 Å². The molecule has 1 saturated heterocycles. The second-order valence-electron chi connectivity index (χ2n) is 9.09. The summed E-state index contributed by atoms with van der Waals surface area (Å²) >= 11 is 0. The van der Waals surface area contributed by atoms with Crippen LogP contribution in [-0.4, -0.2) is 35.7 Å². The van der Waals surface area contributed by atoms with Crippen LogP contribution in [0, 0.1) is 12.8 Å². The van der Waals surface area contributed by atoms with E-state index in [1.165, 1.54) is 13.8 Å². The minimum atomic E-state index is -0.885. The molecule has 0 aliphatic carbocycles. The Bertz CT molecular complexity index is 1020. The number of aryl methyl sites for hydroxylation is 1. The summed E-state index contributed by atoms with van der Waals surface area (Å²) in [5.41, 5.74) is 1.20. The molecular weight excluding hydrogens is 416 g/mol. The number of hydrogen-bond donors (Lipinski definition) is 0. The first kappa shape index (κ1) is 22.3. The van der Waals surface area contributed by atoms with Gasteiger partial charge in [-0.05, 0) is 44.9 Å². The predicted molar refractivity (Wildman–Crippen MR) is 111 cm³/mol. The van der Waals surface area contributed by atoms with E-state index in [9.17, 15) is 14.4 Å². The Hall–Kier alpha value is -2.87. The van der Waals surface area contributed by atoms with Gasteiger partial charge in [-0.3, -0.25) is 9.59 Å². The largest absolute Gasteiger partial charge is 0.459 e. The number of carbonyl (C=O) groups is 3. The van der Waals surface area contributed by atoms with E-state index >= 15 is 0 Å². The molecule has 4 rings (SSSR count). The SMILES string of the molecule is C=C(C)[C@@H]1C[C@@H](OC(C)=O)C2=C[C@H](C[C@@]3(C)O[C@@H]3c3cc(C)c(o3)[C@H]1OC(C)=O)OC2=O. The van der Waals surface area contributed by atoms with Crippen LogP contribution in [0.5, 0.6) is 0 Å². The van der Waals surface area contributed by atoms with Gasteiger partial charge in [-0.1, -0.05) is 12.2 Å². The van der Waals surface area contributed by atoms with E-state index in [1.807, 2.05) is 19.9 Å². The molecule has 8 heteroatoms. The fraction of sp³-hybridized carbons (Fsp3) is 0.542. The minimum absolute atomic E-state index is 0.174. The number of fused-ring (bicyclic) bond motifs is 5. The summed E-state index contributed by atoms with van der Waals surface area (Å²) in [5, 5.41) is 0.